The second-order valence-electron chi connectivity index (χ2n) is 16.1. The van der Waals surface area contributed by atoms with E-state index < -0.39 is 0 Å². The Labute approximate surface area is 314 Å². The molecule has 0 saturated heterocycles. The van der Waals surface area contributed by atoms with Crippen LogP contribution in [-0.4, -0.2) is 16.9 Å². The van der Waals surface area contributed by atoms with Gasteiger partial charge in [-0.3, -0.25) is 9.98 Å². The molecule has 0 aliphatic carbocycles. The van der Waals surface area contributed by atoms with Gasteiger partial charge in [-0.15, -0.1) is 22.8 Å². The van der Waals surface area contributed by atoms with E-state index in [1.807, 2.05) is 0 Å². The molecule has 5 rings (SSSR count). The average Bonchev–Trinajstić information content (AvgIpc) is 3.75. The summed E-state index contributed by atoms with van der Waals surface area (Å²) in [4.78, 5) is 22.5. The van der Waals surface area contributed by atoms with Crippen molar-refractivity contribution in [3.05, 3.63) is 78.7 Å². The van der Waals surface area contributed by atoms with Crippen molar-refractivity contribution in [3.63, 3.8) is 0 Å². The second kappa shape index (κ2) is 15.9. The van der Waals surface area contributed by atoms with E-state index in [0.717, 1.165) is 74.1 Å². The van der Waals surface area contributed by atoms with Gasteiger partial charge in [0.05, 0.1) is 22.8 Å². The standard InChI is InChI=1S/C44H62N4.Fe.H2O/c1-15-25-29(19-5)39-37(43(9,10)11)40-31(21-7)27(17-3)35(47-40)24-36-28(18-4)32(22-8)42(48-36)38(44(12,13)14)41-30(20-6)26(16-2)34(46-41)23-33(25)45-39;;/h23-24,37-38H,15-22H2,1-14H3;;1H2/q-2;+2;/b33-23-,35-24?;;. The van der Waals surface area contributed by atoms with Gasteiger partial charge < -0.3 is 15.4 Å². The predicted octanol–water partition coefficient (Wildman–Crippen LogP) is 10.7. The molecule has 2 N–H and O–H groups in total. The molecule has 5 heterocycles. The number of aromatic nitrogens is 2. The summed E-state index contributed by atoms with van der Waals surface area (Å²) in [6, 6.07) is 0. The first kappa shape index (κ1) is 41.8. The van der Waals surface area contributed by atoms with Crippen LogP contribution in [0.4, 0.5) is 0 Å². The molecular weight excluding hydrogens is 656 g/mol. The van der Waals surface area contributed by atoms with Crippen molar-refractivity contribution in [3.8, 4) is 0 Å². The second-order valence-corrected chi connectivity index (χ2v) is 16.1. The minimum absolute atomic E-state index is 0. The predicted molar refractivity (Wildman–Crippen MR) is 211 cm³/mol. The molecule has 0 radical (unpaired) electrons. The summed E-state index contributed by atoms with van der Waals surface area (Å²) in [6.07, 6.45) is 12.3. The minimum Gasteiger partial charge on any atom is -0.660 e. The number of allylic oxidation sites excluding steroid dienone is 4. The third kappa shape index (κ3) is 6.94. The third-order valence-corrected chi connectivity index (χ3v) is 11.1. The van der Waals surface area contributed by atoms with Gasteiger partial charge in [0.25, 0.3) is 0 Å². The van der Waals surface area contributed by atoms with E-state index in [-0.39, 0.29) is 45.2 Å². The summed E-state index contributed by atoms with van der Waals surface area (Å²) < 4.78 is 0. The van der Waals surface area contributed by atoms with Crippen molar-refractivity contribution >= 4 is 23.6 Å². The Balaban J connectivity index is 0.00000338. The van der Waals surface area contributed by atoms with Crippen LogP contribution in [0.5, 0.6) is 0 Å². The Morgan fingerprint density at radius 3 is 1.06 bits per heavy atom. The van der Waals surface area contributed by atoms with Gasteiger partial charge in [0.15, 0.2) is 0 Å². The molecule has 6 heteroatoms. The van der Waals surface area contributed by atoms with Crippen molar-refractivity contribution in [1.82, 2.24) is 9.97 Å². The molecule has 3 aliphatic rings. The van der Waals surface area contributed by atoms with Crippen LogP contribution >= 0.6 is 0 Å². The van der Waals surface area contributed by atoms with E-state index in [9.17, 15) is 0 Å². The number of hydrogen-bond acceptors (Lipinski definition) is 2. The van der Waals surface area contributed by atoms with Crippen LogP contribution in [0.1, 0.15) is 174 Å². The van der Waals surface area contributed by atoms with Gasteiger partial charge in [0, 0.05) is 5.92 Å². The van der Waals surface area contributed by atoms with Crippen LogP contribution in [0.2, 0.25) is 0 Å². The third-order valence-electron chi connectivity index (χ3n) is 11.1. The maximum Gasteiger partial charge on any atom is 2.00 e. The van der Waals surface area contributed by atoms with Gasteiger partial charge in [-0.2, -0.15) is 0 Å². The minimum atomic E-state index is -0.0716. The average molecular weight is 721 g/mol. The Bertz CT molecular complexity index is 1650. The molecule has 2 atom stereocenters. The van der Waals surface area contributed by atoms with Crippen molar-refractivity contribution in [2.75, 3.05) is 0 Å². The van der Waals surface area contributed by atoms with Gasteiger partial charge in [-0.05, 0) is 90.4 Å². The van der Waals surface area contributed by atoms with Crippen LogP contribution in [0.15, 0.2) is 43.7 Å². The van der Waals surface area contributed by atoms with Crippen LogP contribution in [0, 0.1) is 16.7 Å². The van der Waals surface area contributed by atoms with Crippen molar-refractivity contribution in [1.29, 1.82) is 0 Å². The van der Waals surface area contributed by atoms with E-state index in [1.54, 1.807) is 0 Å². The molecule has 274 valence electrons. The van der Waals surface area contributed by atoms with Crippen LogP contribution in [-0.2, 0) is 42.8 Å². The molecular formula is C44H64FeN4O. The maximum absolute atomic E-state index is 5.63. The van der Waals surface area contributed by atoms with E-state index in [2.05, 4.69) is 109 Å². The van der Waals surface area contributed by atoms with Gasteiger partial charge in [0.2, 0.25) is 0 Å². The zero-order valence-corrected chi connectivity index (χ0v) is 34.7. The SMILES string of the molecule is CCC1=C(CC)C2=NC1=Cc1[n-]c(c(CC)c1CC)C(C(C)(C)C)c1[n-]c(c(CC)c1CC)/C=C1\N=C(C(CC)=C1CC)C2C(C)(C)C.O.[Fe+2]. The fourth-order valence-electron chi connectivity index (χ4n) is 9.04. The molecule has 0 saturated carbocycles. The Morgan fingerprint density at radius 1 is 0.480 bits per heavy atom. The fraction of sp³-hybridized carbons (Fsp3) is 0.591. The fourth-order valence-corrected chi connectivity index (χ4v) is 9.04. The first-order valence-corrected chi connectivity index (χ1v) is 19.2. The van der Waals surface area contributed by atoms with Crippen molar-refractivity contribution in [2.45, 2.75) is 154 Å². The Hall–Kier alpha value is -2.66. The van der Waals surface area contributed by atoms with E-state index in [1.165, 1.54) is 67.4 Å². The topological polar surface area (TPSA) is 84.4 Å². The molecule has 0 amide bonds. The van der Waals surface area contributed by atoms with E-state index in [0.29, 0.717) is 0 Å². The van der Waals surface area contributed by atoms with Crippen LogP contribution < -0.4 is 9.97 Å². The first-order chi connectivity index (χ1) is 22.7. The van der Waals surface area contributed by atoms with Crippen molar-refractivity contribution in [2.24, 2.45) is 26.7 Å². The summed E-state index contributed by atoms with van der Waals surface area (Å²) in [5.41, 5.74) is 20.2. The molecule has 50 heavy (non-hydrogen) atoms. The van der Waals surface area contributed by atoms with Crippen molar-refractivity contribution < 1.29 is 22.5 Å². The Morgan fingerprint density at radius 2 is 0.800 bits per heavy atom. The number of fused-ring (bicyclic) bond motifs is 6. The van der Waals surface area contributed by atoms with Gasteiger partial charge in [-0.1, -0.05) is 131 Å². The molecule has 0 aromatic carbocycles. The summed E-state index contributed by atoms with van der Waals surface area (Å²) in [5, 5.41) is 0. The van der Waals surface area contributed by atoms with E-state index in [4.69, 9.17) is 20.0 Å². The molecule has 2 unspecified atom stereocenters. The summed E-state index contributed by atoms with van der Waals surface area (Å²) in [6.45, 7) is 32.6. The van der Waals surface area contributed by atoms with Gasteiger partial charge >= 0.3 is 17.1 Å². The monoisotopic (exact) mass is 720 g/mol. The summed E-state index contributed by atoms with van der Waals surface area (Å²) >= 11 is 0. The molecule has 8 bridgehead atoms. The largest absolute Gasteiger partial charge is 2.00 e. The molecule has 0 fully saturated rings. The van der Waals surface area contributed by atoms with Gasteiger partial charge in [-0.25, -0.2) is 0 Å². The molecule has 5 nitrogen and oxygen atoms in total. The quantitative estimate of drug-likeness (QED) is 0.254. The number of nitrogens with zero attached hydrogens (tertiary/aromatic N) is 4. The number of rotatable bonds is 8. The van der Waals surface area contributed by atoms with Crippen LogP contribution in [0.3, 0.4) is 0 Å². The summed E-state index contributed by atoms with van der Waals surface area (Å²) in [5.74, 6) is 0.168. The zero-order chi connectivity index (χ0) is 35.3. The Kier molecular flexibility index (Phi) is 13.3. The molecule has 3 aliphatic heterocycles. The number of aliphatic imine (C=N–C) groups is 2. The van der Waals surface area contributed by atoms with Crippen LogP contribution in [0.25, 0.3) is 12.2 Å². The smallest absolute Gasteiger partial charge is 0.660 e. The first-order valence-electron chi connectivity index (χ1n) is 19.2. The van der Waals surface area contributed by atoms with Gasteiger partial charge in [0.1, 0.15) is 0 Å². The molecule has 0 spiro atoms. The zero-order valence-electron chi connectivity index (χ0n) is 33.6. The maximum atomic E-state index is 5.63. The summed E-state index contributed by atoms with van der Waals surface area (Å²) in [7, 11) is 0. The van der Waals surface area contributed by atoms with E-state index >= 15 is 0 Å². The molecule has 2 aromatic heterocycles. The number of hydrogen-bond donors (Lipinski definition) is 0. The molecule has 2 aromatic rings. The normalized spacial score (nSPS) is 20.3.